The highest BCUT2D eigenvalue weighted by Gasteiger charge is 2.34. The van der Waals surface area contributed by atoms with Crippen molar-refractivity contribution < 1.29 is 13.9 Å². The van der Waals surface area contributed by atoms with Crippen LogP contribution >= 0.6 is 22.6 Å². The van der Waals surface area contributed by atoms with Crippen LogP contribution in [-0.2, 0) is 11.3 Å². The van der Waals surface area contributed by atoms with Crippen LogP contribution in [0, 0.1) is 9.39 Å². The number of ether oxygens (including phenoxy) is 1. The van der Waals surface area contributed by atoms with Gasteiger partial charge in [0, 0.05) is 12.1 Å². The number of rotatable bonds is 1. The van der Waals surface area contributed by atoms with E-state index in [9.17, 15) is 9.18 Å². The molecule has 0 radical (unpaired) electrons. The van der Waals surface area contributed by atoms with Crippen molar-refractivity contribution in [1.82, 2.24) is 14.7 Å². The number of hydrogen-bond acceptors (Lipinski definition) is 3. The Bertz CT molecular complexity index is 796. The lowest BCUT2D eigenvalue weighted by Crippen LogP contribution is -2.44. The van der Waals surface area contributed by atoms with Gasteiger partial charge in [-0.05, 0) is 74.6 Å². The summed E-state index contributed by atoms with van der Waals surface area (Å²) in [6.07, 6.45) is -0.313. The Morgan fingerprint density at radius 1 is 1.28 bits per heavy atom. The van der Waals surface area contributed by atoms with Gasteiger partial charge in [-0.3, -0.25) is 9.58 Å². The third-order valence-corrected chi connectivity index (χ3v) is 5.16. The van der Waals surface area contributed by atoms with Crippen LogP contribution in [0.5, 0.6) is 0 Å². The summed E-state index contributed by atoms with van der Waals surface area (Å²) in [7, 11) is 0. The normalized spacial score (nSPS) is 17.4. The van der Waals surface area contributed by atoms with E-state index in [-0.39, 0.29) is 18.0 Å². The molecule has 134 valence electrons. The molecule has 0 spiro atoms. The van der Waals surface area contributed by atoms with Crippen LogP contribution in [0.4, 0.5) is 9.18 Å². The van der Waals surface area contributed by atoms with Crippen molar-refractivity contribution in [1.29, 1.82) is 0 Å². The van der Waals surface area contributed by atoms with Crippen molar-refractivity contribution in [2.24, 2.45) is 0 Å². The summed E-state index contributed by atoms with van der Waals surface area (Å²) in [6, 6.07) is 6.17. The minimum atomic E-state index is -0.527. The quantitative estimate of drug-likeness (QED) is 0.588. The van der Waals surface area contributed by atoms with Gasteiger partial charge in [0.05, 0.1) is 21.9 Å². The molecule has 0 N–H and O–H groups in total. The zero-order chi connectivity index (χ0) is 18.4. The van der Waals surface area contributed by atoms with Crippen LogP contribution in [0.1, 0.15) is 39.4 Å². The molecule has 5 nitrogen and oxygen atoms in total. The first kappa shape index (κ1) is 18.2. The second-order valence-electron chi connectivity index (χ2n) is 7.13. The highest BCUT2D eigenvalue weighted by Crippen LogP contribution is 2.35. The van der Waals surface area contributed by atoms with Crippen molar-refractivity contribution >= 4 is 28.7 Å². The fourth-order valence-electron chi connectivity index (χ4n) is 2.93. The Morgan fingerprint density at radius 2 is 1.92 bits per heavy atom. The van der Waals surface area contributed by atoms with Crippen LogP contribution in [0.3, 0.4) is 0 Å². The zero-order valence-electron chi connectivity index (χ0n) is 14.7. The molecule has 0 bridgehead atoms. The zero-order valence-corrected chi connectivity index (χ0v) is 16.9. The van der Waals surface area contributed by atoms with E-state index in [1.165, 1.54) is 12.1 Å². The number of carbonyl (C=O) groups excluding carboxylic acids is 1. The van der Waals surface area contributed by atoms with Gasteiger partial charge in [0.25, 0.3) is 0 Å². The molecule has 1 aliphatic heterocycles. The second kappa shape index (κ2) is 6.59. The maximum Gasteiger partial charge on any atom is 0.410 e. The minimum absolute atomic E-state index is 0.141. The summed E-state index contributed by atoms with van der Waals surface area (Å²) < 4.78 is 21.6. The summed E-state index contributed by atoms with van der Waals surface area (Å²) in [5.74, 6) is -0.271. The average Bonchev–Trinajstić information content (AvgIpc) is 2.84. The first-order valence-electron chi connectivity index (χ1n) is 8.19. The Morgan fingerprint density at radius 3 is 2.52 bits per heavy atom. The molecule has 1 atom stereocenters. The molecule has 3 rings (SSSR count). The first-order chi connectivity index (χ1) is 11.7. The Hall–Kier alpha value is -1.64. The number of nitrogens with zero attached hydrogens (tertiary/aromatic N) is 3. The summed E-state index contributed by atoms with van der Waals surface area (Å²) in [4.78, 5) is 14.2. The van der Waals surface area contributed by atoms with Gasteiger partial charge < -0.3 is 4.74 Å². The van der Waals surface area contributed by atoms with E-state index in [4.69, 9.17) is 4.74 Å². The molecule has 1 aliphatic rings. The molecule has 7 heteroatoms. The minimum Gasteiger partial charge on any atom is -0.444 e. The standard InChI is InChI=1S/C18H21FIN3O2/c1-11-16-14(20)15(12-5-7-13(19)8-6-12)21-23(16)10-9-22(11)17(24)25-18(2,3)4/h5-8,11H,9-10H2,1-4H3. The van der Waals surface area contributed by atoms with Gasteiger partial charge in [-0.25, -0.2) is 9.18 Å². The third-order valence-electron chi connectivity index (χ3n) is 4.09. The maximum absolute atomic E-state index is 13.2. The van der Waals surface area contributed by atoms with Gasteiger partial charge in [0.1, 0.15) is 17.1 Å². The number of hydrogen-bond donors (Lipinski definition) is 0. The molecule has 1 unspecified atom stereocenters. The molecular formula is C18H21FIN3O2. The van der Waals surface area contributed by atoms with E-state index in [1.807, 2.05) is 32.4 Å². The number of halogens is 2. The van der Waals surface area contributed by atoms with E-state index in [0.29, 0.717) is 13.1 Å². The molecule has 1 aromatic carbocycles. The van der Waals surface area contributed by atoms with Crippen molar-refractivity contribution in [2.75, 3.05) is 6.54 Å². The van der Waals surface area contributed by atoms with Crippen LogP contribution in [0.25, 0.3) is 11.3 Å². The SMILES string of the molecule is CC1c2c(I)c(-c3ccc(F)cc3)nn2CCN1C(=O)OC(C)(C)C. The van der Waals surface area contributed by atoms with Gasteiger partial charge in [0.2, 0.25) is 0 Å². The fraction of sp³-hybridized carbons (Fsp3) is 0.444. The largest absolute Gasteiger partial charge is 0.444 e. The van der Waals surface area contributed by atoms with Crippen LogP contribution in [0.15, 0.2) is 24.3 Å². The number of benzene rings is 1. The molecule has 0 saturated heterocycles. The van der Waals surface area contributed by atoms with Gasteiger partial charge in [-0.15, -0.1) is 0 Å². The Labute approximate surface area is 160 Å². The van der Waals surface area contributed by atoms with E-state index in [1.54, 1.807) is 17.0 Å². The monoisotopic (exact) mass is 457 g/mol. The molecule has 2 aromatic rings. The number of aromatic nitrogens is 2. The van der Waals surface area contributed by atoms with Gasteiger partial charge in [0.15, 0.2) is 0 Å². The molecule has 0 aliphatic carbocycles. The van der Waals surface area contributed by atoms with Crippen molar-refractivity contribution in [2.45, 2.75) is 45.9 Å². The first-order valence-corrected chi connectivity index (χ1v) is 9.27. The van der Waals surface area contributed by atoms with Gasteiger partial charge >= 0.3 is 6.09 Å². The predicted octanol–water partition coefficient (Wildman–Crippen LogP) is 4.61. The van der Waals surface area contributed by atoms with Gasteiger partial charge in [-0.2, -0.15) is 5.10 Å². The number of fused-ring (bicyclic) bond motifs is 1. The van der Waals surface area contributed by atoms with Crippen molar-refractivity contribution in [3.63, 3.8) is 0 Å². The molecule has 0 saturated carbocycles. The second-order valence-corrected chi connectivity index (χ2v) is 8.21. The molecule has 25 heavy (non-hydrogen) atoms. The fourth-order valence-corrected chi connectivity index (χ4v) is 4.08. The van der Waals surface area contributed by atoms with Crippen LogP contribution in [0.2, 0.25) is 0 Å². The molecule has 1 aromatic heterocycles. The van der Waals surface area contributed by atoms with Gasteiger partial charge in [-0.1, -0.05) is 0 Å². The topological polar surface area (TPSA) is 47.4 Å². The van der Waals surface area contributed by atoms with Crippen molar-refractivity contribution in [3.8, 4) is 11.3 Å². The average molecular weight is 457 g/mol. The smallest absolute Gasteiger partial charge is 0.410 e. The molecule has 0 fully saturated rings. The lowest BCUT2D eigenvalue weighted by atomic mass is 10.1. The maximum atomic E-state index is 13.2. The summed E-state index contributed by atoms with van der Waals surface area (Å²) >= 11 is 2.25. The van der Waals surface area contributed by atoms with E-state index in [2.05, 4.69) is 27.7 Å². The highest BCUT2D eigenvalue weighted by atomic mass is 127. The number of carbonyl (C=O) groups is 1. The highest BCUT2D eigenvalue weighted by molar-refractivity contribution is 14.1. The van der Waals surface area contributed by atoms with E-state index >= 15 is 0 Å². The summed E-state index contributed by atoms with van der Waals surface area (Å²) in [5, 5.41) is 4.68. The predicted molar refractivity (Wildman–Crippen MR) is 102 cm³/mol. The third kappa shape index (κ3) is 3.65. The Kier molecular flexibility index (Phi) is 4.78. The lowest BCUT2D eigenvalue weighted by molar-refractivity contribution is 0.0119. The van der Waals surface area contributed by atoms with Crippen molar-refractivity contribution in [3.05, 3.63) is 39.3 Å². The van der Waals surface area contributed by atoms with E-state index in [0.717, 1.165) is 20.5 Å². The van der Waals surface area contributed by atoms with Crippen LogP contribution < -0.4 is 0 Å². The van der Waals surface area contributed by atoms with E-state index < -0.39 is 5.60 Å². The molecule has 2 heterocycles. The number of amides is 1. The molecular weight excluding hydrogens is 436 g/mol. The summed E-state index contributed by atoms with van der Waals surface area (Å²) in [6.45, 7) is 8.72. The van der Waals surface area contributed by atoms with Crippen LogP contribution in [-0.4, -0.2) is 32.9 Å². The summed E-state index contributed by atoms with van der Waals surface area (Å²) in [5.41, 5.74) is 2.13. The molecule has 1 amide bonds. The lowest BCUT2D eigenvalue weighted by Gasteiger charge is -2.35. The Balaban J connectivity index is 1.92.